The van der Waals surface area contributed by atoms with Gasteiger partial charge >= 0.3 is 0 Å². The lowest BCUT2D eigenvalue weighted by atomic mass is 10.2. The Bertz CT molecular complexity index is 605. The molecule has 0 radical (unpaired) electrons. The number of rotatable bonds is 3. The van der Waals surface area contributed by atoms with E-state index in [0.717, 1.165) is 6.07 Å². The smallest absolute Gasteiger partial charge is 0.244 e. The van der Waals surface area contributed by atoms with Gasteiger partial charge in [0, 0.05) is 12.7 Å². The van der Waals surface area contributed by atoms with Crippen molar-refractivity contribution in [2.45, 2.75) is 0 Å². The van der Waals surface area contributed by atoms with Crippen LogP contribution in [0.15, 0.2) is 18.2 Å². The number of hydrogen-bond acceptors (Lipinski definition) is 4. The van der Waals surface area contributed by atoms with Gasteiger partial charge in [-0.15, -0.1) is 0 Å². The number of nitrogen functional groups attached to an aromatic ring is 1. The first-order valence-electron chi connectivity index (χ1n) is 6.23. The van der Waals surface area contributed by atoms with Gasteiger partial charge < -0.3 is 20.9 Å². The van der Waals surface area contributed by atoms with Crippen LogP contribution in [0.1, 0.15) is 0 Å². The molecule has 0 bridgehead atoms. The number of nitrogens with zero attached hydrogens (tertiary/aromatic N) is 2. The maximum absolute atomic E-state index is 13.0. The van der Waals surface area contributed by atoms with Crippen molar-refractivity contribution >= 4 is 29.1 Å². The Morgan fingerprint density at radius 3 is 2.71 bits per heavy atom. The van der Waals surface area contributed by atoms with Crippen molar-refractivity contribution in [3.05, 3.63) is 24.0 Å². The second kappa shape index (κ2) is 5.78. The Hall–Kier alpha value is -2.64. The summed E-state index contributed by atoms with van der Waals surface area (Å²) in [5, 5.41) is 2.50. The monoisotopic (exact) mass is 294 g/mol. The SMILES string of the molecule is CN1CC(=O)N(CC(=O)Nc2ccc(F)c(N)c2)CC1=O. The lowest BCUT2D eigenvalue weighted by Gasteiger charge is -2.31. The molecule has 3 amide bonds. The van der Waals surface area contributed by atoms with Gasteiger partial charge in [-0.2, -0.15) is 0 Å². The quantitative estimate of drug-likeness (QED) is 0.745. The summed E-state index contributed by atoms with van der Waals surface area (Å²) in [7, 11) is 1.53. The molecule has 7 nitrogen and oxygen atoms in total. The summed E-state index contributed by atoms with van der Waals surface area (Å²) in [5.41, 5.74) is 5.64. The van der Waals surface area contributed by atoms with Crippen LogP contribution in [0.5, 0.6) is 0 Å². The minimum Gasteiger partial charge on any atom is -0.396 e. The Kier molecular flexibility index (Phi) is 4.06. The topological polar surface area (TPSA) is 95.7 Å². The molecule has 0 aromatic heterocycles. The van der Waals surface area contributed by atoms with E-state index in [1.807, 2.05) is 0 Å². The van der Waals surface area contributed by atoms with Gasteiger partial charge in [0.15, 0.2) is 0 Å². The zero-order valence-electron chi connectivity index (χ0n) is 11.4. The van der Waals surface area contributed by atoms with Crippen LogP contribution in [0, 0.1) is 5.82 Å². The number of halogens is 1. The van der Waals surface area contributed by atoms with E-state index in [2.05, 4.69) is 5.32 Å². The fraction of sp³-hybridized carbons (Fsp3) is 0.308. The molecule has 112 valence electrons. The van der Waals surface area contributed by atoms with Crippen molar-refractivity contribution in [1.29, 1.82) is 0 Å². The van der Waals surface area contributed by atoms with E-state index >= 15 is 0 Å². The van der Waals surface area contributed by atoms with Crippen LogP contribution in [-0.2, 0) is 14.4 Å². The van der Waals surface area contributed by atoms with Gasteiger partial charge in [-0.05, 0) is 18.2 Å². The Labute approximate surface area is 120 Å². The van der Waals surface area contributed by atoms with Crippen LogP contribution >= 0.6 is 0 Å². The molecule has 0 saturated carbocycles. The standard InChI is InChI=1S/C13H15FN4O3/c1-17-6-13(21)18(7-12(17)20)5-11(19)16-8-2-3-9(14)10(15)4-8/h2-4H,5-7,15H2,1H3,(H,16,19). The molecular weight excluding hydrogens is 279 g/mol. The Morgan fingerprint density at radius 1 is 1.33 bits per heavy atom. The van der Waals surface area contributed by atoms with Gasteiger partial charge in [-0.1, -0.05) is 0 Å². The number of nitrogens with two attached hydrogens (primary N) is 1. The van der Waals surface area contributed by atoms with Crippen LogP contribution in [-0.4, -0.2) is 54.2 Å². The molecule has 1 aromatic carbocycles. The van der Waals surface area contributed by atoms with Gasteiger partial charge in [0.25, 0.3) is 0 Å². The van der Waals surface area contributed by atoms with Crippen LogP contribution in [0.4, 0.5) is 15.8 Å². The zero-order valence-corrected chi connectivity index (χ0v) is 11.4. The van der Waals surface area contributed by atoms with E-state index in [-0.39, 0.29) is 37.1 Å². The average molecular weight is 294 g/mol. The molecule has 1 heterocycles. The Morgan fingerprint density at radius 2 is 2.05 bits per heavy atom. The van der Waals surface area contributed by atoms with Crippen molar-refractivity contribution < 1.29 is 18.8 Å². The minimum atomic E-state index is -0.576. The van der Waals surface area contributed by atoms with E-state index in [4.69, 9.17) is 5.73 Å². The number of hydrogen-bond donors (Lipinski definition) is 2. The molecule has 21 heavy (non-hydrogen) atoms. The molecule has 1 saturated heterocycles. The van der Waals surface area contributed by atoms with E-state index in [9.17, 15) is 18.8 Å². The van der Waals surface area contributed by atoms with Crippen LogP contribution in [0.25, 0.3) is 0 Å². The van der Waals surface area contributed by atoms with Crippen LogP contribution in [0.2, 0.25) is 0 Å². The molecule has 3 N–H and O–H groups in total. The number of carbonyl (C=O) groups is 3. The molecule has 0 aliphatic carbocycles. The molecule has 1 fully saturated rings. The molecule has 1 aliphatic rings. The first kappa shape index (κ1) is 14.8. The number of carbonyl (C=O) groups excluding carboxylic acids is 3. The first-order chi connectivity index (χ1) is 9.86. The van der Waals surface area contributed by atoms with Gasteiger partial charge in [0.05, 0.1) is 12.2 Å². The first-order valence-corrected chi connectivity index (χ1v) is 6.23. The number of benzene rings is 1. The Balaban J connectivity index is 1.96. The highest BCUT2D eigenvalue weighted by molar-refractivity contribution is 5.98. The lowest BCUT2D eigenvalue weighted by Crippen LogP contribution is -2.54. The highest BCUT2D eigenvalue weighted by atomic mass is 19.1. The number of likely N-dealkylation sites (N-methyl/N-ethyl adjacent to an activating group) is 1. The number of amides is 3. The summed E-state index contributed by atoms with van der Waals surface area (Å²) in [6, 6.07) is 3.78. The second-order valence-corrected chi connectivity index (χ2v) is 4.78. The molecule has 0 unspecified atom stereocenters. The molecule has 2 rings (SSSR count). The third-order valence-corrected chi connectivity index (χ3v) is 3.09. The predicted octanol–water partition coefficient (Wildman–Crippen LogP) is -0.353. The molecule has 0 atom stereocenters. The van der Waals surface area contributed by atoms with Gasteiger partial charge in [0.1, 0.15) is 18.9 Å². The third kappa shape index (κ3) is 3.47. The summed E-state index contributed by atoms with van der Waals surface area (Å²) in [4.78, 5) is 37.6. The highest BCUT2D eigenvalue weighted by Crippen LogP contribution is 2.16. The maximum Gasteiger partial charge on any atom is 0.244 e. The average Bonchev–Trinajstić information content (AvgIpc) is 2.40. The number of piperazine rings is 1. The zero-order chi connectivity index (χ0) is 15.6. The molecule has 0 spiro atoms. The molecule has 8 heteroatoms. The van der Waals surface area contributed by atoms with Crippen LogP contribution in [0.3, 0.4) is 0 Å². The normalized spacial score (nSPS) is 15.3. The molecule has 1 aromatic rings. The minimum absolute atomic E-state index is 0.0460. The fourth-order valence-corrected chi connectivity index (χ4v) is 1.90. The van der Waals surface area contributed by atoms with Gasteiger partial charge in [-0.3, -0.25) is 14.4 Å². The summed E-state index contributed by atoms with van der Waals surface area (Å²) >= 11 is 0. The van der Waals surface area contributed by atoms with Crippen molar-refractivity contribution in [2.24, 2.45) is 0 Å². The number of nitrogens with one attached hydrogen (secondary N) is 1. The van der Waals surface area contributed by atoms with E-state index in [0.29, 0.717) is 5.69 Å². The summed E-state index contributed by atoms with van der Waals surface area (Å²) in [6.07, 6.45) is 0. The maximum atomic E-state index is 13.0. The van der Waals surface area contributed by atoms with Crippen molar-refractivity contribution in [2.75, 3.05) is 37.7 Å². The molecule has 1 aliphatic heterocycles. The van der Waals surface area contributed by atoms with Gasteiger partial charge in [0.2, 0.25) is 17.7 Å². The van der Waals surface area contributed by atoms with E-state index in [1.165, 1.54) is 29.0 Å². The van der Waals surface area contributed by atoms with Crippen molar-refractivity contribution in [3.63, 3.8) is 0 Å². The van der Waals surface area contributed by atoms with E-state index in [1.54, 1.807) is 0 Å². The van der Waals surface area contributed by atoms with Crippen molar-refractivity contribution in [3.8, 4) is 0 Å². The highest BCUT2D eigenvalue weighted by Gasteiger charge is 2.28. The van der Waals surface area contributed by atoms with Crippen LogP contribution < -0.4 is 11.1 Å². The summed E-state index contributed by atoms with van der Waals surface area (Å²) in [5.74, 6) is -1.58. The van der Waals surface area contributed by atoms with Crippen molar-refractivity contribution in [1.82, 2.24) is 9.80 Å². The third-order valence-electron chi connectivity index (χ3n) is 3.09. The summed E-state index contributed by atoms with van der Waals surface area (Å²) in [6.45, 7) is -0.417. The second-order valence-electron chi connectivity index (χ2n) is 4.78. The molecular formula is C13H15FN4O3. The lowest BCUT2D eigenvalue weighted by molar-refractivity contribution is -0.149. The largest absolute Gasteiger partial charge is 0.396 e. The number of anilines is 2. The van der Waals surface area contributed by atoms with E-state index < -0.39 is 11.7 Å². The van der Waals surface area contributed by atoms with Gasteiger partial charge in [-0.25, -0.2) is 4.39 Å². The fourth-order valence-electron chi connectivity index (χ4n) is 1.90. The predicted molar refractivity (Wildman–Crippen MR) is 73.7 cm³/mol. The summed E-state index contributed by atoms with van der Waals surface area (Å²) < 4.78 is 13.0.